The Morgan fingerprint density at radius 1 is 1.02 bits per heavy atom. The lowest BCUT2D eigenvalue weighted by Crippen LogP contribution is -2.45. The van der Waals surface area contributed by atoms with Crippen LogP contribution in [0.1, 0.15) is 36.9 Å². The molecule has 9 nitrogen and oxygen atoms in total. The average Bonchev–Trinajstić information content (AvgIpc) is 3.74. The predicted molar refractivity (Wildman–Crippen MR) is 157 cm³/mol. The van der Waals surface area contributed by atoms with Crippen molar-refractivity contribution in [2.45, 2.75) is 38.5 Å². The second kappa shape index (κ2) is 11.5. The smallest absolute Gasteiger partial charge is 0.383 e. The zero-order valence-corrected chi connectivity index (χ0v) is 23.6. The van der Waals surface area contributed by atoms with E-state index in [1.54, 1.807) is 6.07 Å². The van der Waals surface area contributed by atoms with Crippen LogP contribution in [0.15, 0.2) is 48.9 Å². The number of piperazine rings is 1. The molecule has 43 heavy (non-hydrogen) atoms. The van der Waals surface area contributed by atoms with Gasteiger partial charge in [-0.1, -0.05) is 19.1 Å². The van der Waals surface area contributed by atoms with Gasteiger partial charge in [-0.15, -0.1) is 0 Å². The minimum absolute atomic E-state index is 0.0511. The zero-order valence-electron chi connectivity index (χ0n) is 23.6. The first-order valence-electron chi connectivity index (χ1n) is 14.2. The Balaban J connectivity index is 1.17. The molecule has 1 aliphatic carbocycles. The lowest BCUT2D eigenvalue weighted by molar-refractivity contribution is -0.138. The maximum absolute atomic E-state index is 15.2. The van der Waals surface area contributed by atoms with Gasteiger partial charge in [0.25, 0.3) is 0 Å². The molecule has 0 bridgehead atoms. The number of nitrogens with two attached hydrogens (primary N) is 1. The number of hydrogen-bond acceptors (Lipinski definition) is 6. The number of rotatable bonds is 7. The highest BCUT2D eigenvalue weighted by Crippen LogP contribution is 2.42. The maximum Gasteiger partial charge on any atom is 0.416 e. The van der Waals surface area contributed by atoms with Gasteiger partial charge in [0, 0.05) is 56.2 Å². The molecule has 1 aliphatic heterocycles. The molecule has 0 radical (unpaired) electrons. The minimum Gasteiger partial charge on any atom is -0.383 e. The summed E-state index contributed by atoms with van der Waals surface area (Å²) in [5.41, 5.74) is 7.15. The van der Waals surface area contributed by atoms with Gasteiger partial charge in [-0.3, -0.25) is 4.90 Å². The van der Waals surface area contributed by atoms with E-state index in [-0.39, 0.29) is 29.3 Å². The topological polar surface area (TPSA) is 104 Å². The van der Waals surface area contributed by atoms with Crippen molar-refractivity contribution in [2.24, 2.45) is 0 Å². The molecule has 13 heteroatoms. The molecule has 1 saturated carbocycles. The minimum atomic E-state index is -4.60. The van der Waals surface area contributed by atoms with E-state index in [0.717, 1.165) is 38.5 Å². The fraction of sp³-hybridized carbons (Fsp3) is 0.367. The number of nitrogens with zero attached hydrogens (tertiary/aromatic N) is 5. The molecule has 226 valence electrons. The van der Waals surface area contributed by atoms with Gasteiger partial charge in [-0.25, -0.2) is 19.2 Å². The summed E-state index contributed by atoms with van der Waals surface area (Å²) in [5, 5.41) is 5.42. The highest BCUT2D eigenvalue weighted by molar-refractivity contribution is 6.02. The molecule has 0 atom stereocenters. The second-order valence-electron chi connectivity index (χ2n) is 11.0. The van der Waals surface area contributed by atoms with Crippen LogP contribution in [0.25, 0.3) is 22.2 Å². The number of urea groups is 1. The van der Waals surface area contributed by atoms with Crippen LogP contribution in [0.5, 0.6) is 0 Å². The van der Waals surface area contributed by atoms with Crippen molar-refractivity contribution >= 4 is 34.3 Å². The number of fused-ring (bicyclic) bond motifs is 1. The van der Waals surface area contributed by atoms with Gasteiger partial charge >= 0.3 is 12.2 Å². The Hall–Kier alpha value is -4.23. The van der Waals surface area contributed by atoms with E-state index >= 15 is 4.39 Å². The lowest BCUT2D eigenvalue weighted by atomic mass is 10.0. The van der Waals surface area contributed by atoms with E-state index in [1.165, 1.54) is 30.6 Å². The summed E-state index contributed by atoms with van der Waals surface area (Å²) >= 11 is 0. The Morgan fingerprint density at radius 3 is 2.44 bits per heavy atom. The average molecular weight is 597 g/mol. The molecule has 0 spiro atoms. The van der Waals surface area contributed by atoms with E-state index in [9.17, 15) is 18.0 Å². The normalized spacial score (nSPS) is 16.5. The molecular weight excluding hydrogens is 564 g/mol. The molecule has 1 saturated heterocycles. The summed E-state index contributed by atoms with van der Waals surface area (Å²) in [7, 11) is 0. The van der Waals surface area contributed by atoms with Crippen molar-refractivity contribution in [1.29, 1.82) is 0 Å². The van der Waals surface area contributed by atoms with E-state index in [1.807, 2.05) is 15.7 Å². The third-order valence-electron chi connectivity index (χ3n) is 8.09. The molecule has 2 aromatic carbocycles. The van der Waals surface area contributed by atoms with Gasteiger partial charge in [0.1, 0.15) is 23.6 Å². The van der Waals surface area contributed by atoms with Crippen LogP contribution in [0.3, 0.4) is 0 Å². The molecule has 2 aliphatic rings. The molecule has 2 fully saturated rings. The van der Waals surface area contributed by atoms with Crippen LogP contribution < -0.4 is 16.4 Å². The number of nitrogen functional groups attached to an aromatic ring is 1. The number of nitrogens with one attached hydrogen (secondary N) is 2. The first-order chi connectivity index (χ1) is 20.6. The highest BCUT2D eigenvalue weighted by atomic mass is 19.4. The maximum atomic E-state index is 15.2. The number of anilines is 3. The number of hydrogen-bond donors (Lipinski definition) is 3. The number of likely N-dealkylation sites (N-methyl/N-ethyl adjacent to an activating group) is 1. The van der Waals surface area contributed by atoms with Crippen molar-refractivity contribution in [2.75, 3.05) is 49.1 Å². The van der Waals surface area contributed by atoms with Crippen LogP contribution in [0, 0.1) is 5.82 Å². The fourth-order valence-corrected chi connectivity index (χ4v) is 5.59. The van der Waals surface area contributed by atoms with Crippen molar-refractivity contribution in [3.8, 4) is 11.1 Å². The summed E-state index contributed by atoms with van der Waals surface area (Å²) in [6.07, 6.45) is 0.709. The molecule has 2 aromatic heterocycles. The largest absolute Gasteiger partial charge is 0.416 e. The quantitative estimate of drug-likeness (QED) is 0.228. The van der Waals surface area contributed by atoms with Crippen molar-refractivity contribution < 1.29 is 22.4 Å². The molecular formula is C30H32F4N8O. The van der Waals surface area contributed by atoms with Crippen LogP contribution in [-0.4, -0.2) is 63.1 Å². The Labute approximate surface area is 245 Å². The number of alkyl halides is 3. The van der Waals surface area contributed by atoms with E-state index in [0.29, 0.717) is 41.3 Å². The zero-order chi connectivity index (χ0) is 30.3. The highest BCUT2D eigenvalue weighted by Gasteiger charge is 2.34. The van der Waals surface area contributed by atoms with Gasteiger partial charge < -0.3 is 25.8 Å². The van der Waals surface area contributed by atoms with Gasteiger partial charge in [-0.05, 0) is 54.8 Å². The Morgan fingerprint density at radius 2 is 1.77 bits per heavy atom. The summed E-state index contributed by atoms with van der Waals surface area (Å²) < 4.78 is 59.1. The molecule has 4 N–H and O–H groups in total. The third kappa shape index (κ3) is 6.13. The van der Waals surface area contributed by atoms with E-state index in [4.69, 9.17) is 5.73 Å². The predicted octanol–water partition coefficient (Wildman–Crippen LogP) is 5.95. The van der Waals surface area contributed by atoms with Gasteiger partial charge in [-0.2, -0.15) is 13.2 Å². The number of carbonyl (C=O) groups excluding carboxylic acids is 1. The van der Waals surface area contributed by atoms with Crippen molar-refractivity contribution in [3.05, 3.63) is 65.9 Å². The molecule has 6 rings (SSSR count). The molecule has 3 heterocycles. The van der Waals surface area contributed by atoms with Crippen LogP contribution in [0.4, 0.5) is 39.5 Å². The van der Waals surface area contributed by atoms with Gasteiger partial charge in [0.15, 0.2) is 0 Å². The first-order valence-corrected chi connectivity index (χ1v) is 14.2. The molecule has 4 aromatic rings. The number of carbonyl (C=O) groups is 1. The molecule has 0 unspecified atom stereocenters. The second-order valence-corrected chi connectivity index (χ2v) is 11.0. The molecule has 2 amide bonds. The van der Waals surface area contributed by atoms with Crippen LogP contribution in [-0.2, 0) is 12.7 Å². The lowest BCUT2D eigenvalue weighted by Gasteiger charge is -2.34. The monoisotopic (exact) mass is 596 g/mol. The van der Waals surface area contributed by atoms with Crippen LogP contribution in [0.2, 0.25) is 0 Å². The van der Waals surface area contributed by atoms with Crippen molar-refractivity contribution in [1.82, 2.24) is 24.3 Å². The van der Waals surface area contributed by atoms with Crippen molar-refractivity contribution in [3.63, 3.8) is 0 Å². The number of halogens is 4. The Bertz CT molecular complexity index is 1660. The van der Waals surface area contributed by atoms with Crippen LogP contribution >= 0.6 is 0 Å². The summed E-state index contributed by atoms with van der Waals surface area (Å²) in [4.78, 5) is 25.4. The summed E-state index contributed by atoms with van der Waals surface area (Å²) in [6, 6.07) is 7.46. The Kier molecular flexibility index (Phi) is 7.69. The standard InChI is InChI=1S/C30H32F4N8O/c1-2-40-9-11-41(12-10-40)15-19-3-5-20(14-23(19)30(32,33)34)38-29(43)39-25-8-4-18(13-24(25)31)22-16-42(21-6-7-21)28-26(22)27(35)36-17-37-28/h3-5,8,13-14,16-17,21H,2,6-7,9-12,15H2,1H3,(H2,35,36,37)(H2,38,39,43). The number of benzene rings is 2. The first kappa shape index (κ1) is 28.9. The number of amides is 2. The van der Waals surface area contributed by atoms with E-state index < -0.39 is 23.6 Å². The van der Waals surface area contributed by atoms with Gasteiger partial charge in [0.05, 0.1) is 16.6 Å². The summed E-state index contributed by atoms with van der Waals surface area (Å²) in [6.45, 7) is 6.11. The number of aromatic nitrogens is 3. The fourth-order valence-electron chi connectivity index (χ4n) is 5.59. The van der Waals surface area contributed by atoms with E-state index in [2.05, 4.69) is 32.4 Å². The third-order valence-corrected chi connectivity index (χ3v) is 8.09. The summed E-state index contributed by atoms with van der Waals surface area (Å²) in [5.74, 6) is -0.436. The SMILES string of the molecule is CCN1CCN(Cc2ccc(NC(=O)Nc3ccc(-c4cn(C5CC5)c5ncnc(N)c45)cc3F)cc2C(F)(F)F)CC1. The van der Waals surface area contributed by atoms with Gasteiger partial charge in [0.2, 0.25) is 0 Å².